The molecule has 0 saturated carbocycles. The second-order valence-corrected chi connectivity index (χ2v) is 4.14. The van der Waals surface area contributed by atoms with Gasteiger partial charge in [0, 0.05) is 25.7 Å². The van der Waals surface area contributed by atoms with Gasteiger partial charge in [0.1, 0.15) is 5.82 Å². The summed E-state index contributed by atoms with van der Waals surface area (Å²) in [6.45, 7) is 2.66. The standard InChI is InChI=1S/C12H14FN3/c1-16(12-6-15-7-12)8-9-2-3-11(13)4-10(9)5-14/h2-4,12,15H,6-8H2,1H3. The third-order valence-electron chi connectivity index (χ3n) is 3.00. The van der Waals surface area contributed by atoms with E-state index in [0.717, 1.165) is 18.7 Å². The van der Waals surface area contributed by atoms with Gasteiger partial charge in [0.25, 0.3) is 0 Å². The summed E-state index contributed by atoms with van der Waals surface area (Å²) in [7, 11) is 2.02. The summed E-state index contributed by atoms with van der Waals surface area (Å²) in [4.78, 5) is 2.19. The number of hydrogen-bond acceptors (Lipinski definition) is 3. The molecule has 2 rings (SSSR count). The lowest BCUT2D eigenvalue weighted by Crippen LogP contribution is -2.55. The number of hydrogen-bond donors (Lipinski definition) is 1. The van der Waals surface area contributed by atoms with E-state index in [1.807, 2.05) is 13.1 Å². The van der Waals surface area contributed by atoms with Crippen LogP contribution in [0.15, 0.2) is 18.2 Å². The Morgan fingerprint density at radius 1 is 1.56 bits per heavy atom. The molecule has 3 nitrogen and oxygen atoms in total. The van der Waals surface area contributed by atoms with Gasteiger partial charge in [-0.25, -0.2) is 4.39 Å². The van der Waals surface area contributed by atoms with Crippen LogP contribution in [0.2, 0.25) is 0 Å². The normalized spacial score (nSPS) is 15.9. The zero-order chi connectivity index (χ0) is 11.5. The maximum atomic E-state index is 12.9. The van der Waals surface area contributed by atoms with Crippen LogP contribution in [0.5, 0.6) is 0 Å². The number of nitrogens with one attached hydrogen (secondary N) is 1. The molecule has 0 bridgehead atoms. The molecule has 0 amide bonds. The highest BCUT2D eigenvalue weighted by atomic mass is 19.1. The molecular formula is C12H14FN3. The number of halogens is 1. The molecule has 1 N–H and O–H groups in total. The Bertz CT molecular complexity index is 421. The molecule has 1 fully saturated rings. The number of rotatable bonds is 3. The van der Waals surface area contributed by atoms with Crippen LogP contribution >= 0.6 is 0 Å². The molecule has 0 aromatic heterocycles. The van der Waals surface area contributed by atoms with E-state index < -0.39 is 0 Å². The van der Waals surface area contributed by atoms with E-state index in [4.69, 9.17) is 5.26 Å². The van der Waals surface area contributed by atoms with Gasteiger partial charge in [-0.1, -0.05) is 6.07 Å². The zero-order valence-corrected chi connectivity index (χ0v) is 9.20. The van der Waals surface area contributed by atoms with E-state index in [2.05, 4.69) is 10.2 Å². The first-order chi connectivity index (χ1) is 7.70. The topological polar surface area (TPSA) is 39.1 Å². The Morgan fingerprint density at radius 2 is 2.31 bits per heavy atom. The van der Waals surface area contributed by atoms with Gasteiger partial charge in [-0.3, -0.25) is 4.90 Å². The molecule has 1 saturated heterocycles. The van der Waals surface area contributed by atoms with E-state index in [9.17, 15) is 4.39 Å². The monoisotopic (exact) mass is 219 g/mol. The maximum Gasteiger partial charge on any atom is 0.124 e. The van der Waals surface area contributed by atoms with E-state index in [-0.39, 0.29) is 5.82 Å². The minimum atomic E-state index is -0.353. The van der Waals surface area contributed by atoms with Gasteiger partial charge in [0.05, 0.1) is 11.6 Å². The van der Waals surface area contributed by atoms with Gasteiger partial charge in [-0.2, -0.15) is 5.26 Å². The second-order valence-electron chi connectivity index (χ2n) is 4.14. The minimum Gasteiger partial charge on any atom is -0.314 e. The Hall–Kier alpha value is -1.44. The van der Waals surface area contributed by atoms with Gasteiger partial charge >= 0.3 is 0 Å². The number of nitrogens with zero attached hydrogens (tertiary/aromatic N) is 2. The van der Waals surface area contributed by atoms with Gasteiger partial charge < -0.3 is 5.32 Å². The summed E-state index contributed by atoms with van der Waals surface area (Å²) < 4.78 is 12.9. The lowest BCUT2D eigenvalue weighted by molar-refractivity contribution is 0.173. The molecule has 1 heterocycles. The van der Waals surface area contributed by atoms with E-state index in [0.29, 0.717) is 18.2 Å². The van der Waals surface area contributed by atoms with Crippen molar-refractivity contribution in [1.82, 2.24) is 10.2 Å². The van der Waals surface area contributed by atoms with Crippen LogP contribution in [0.1, 0.15) is 11.1 Å². The first-order valence-electron chi connectivity index (χ1n) is 5.30. The van der Waals surface area contributed by atoms with Crippen LogP contribution in [-0.4, -0.2) is 31.1 Å². The fraction of sp³-hybridized carbons (Fsp3) is 0.417. The van der Waals surface area contributed by atoms with Gasteiger partial charge in [0.15, 0.2) is 0 Å². The van der Waals surface area contributed by atoms with Crippen LogP contribution in [0, 0.1) is 17.1 Å². The fourth-order valence-electron chi connectivity index (χ4n) is 1.77. The van der Waals surface area contributed by atoms with Crippen LogP contribution in [0.3, 0.4) is 0 Å². The van der Waals surface area contributed by atoms with Crippen molar-refractivity contribution < 1.29 is 4.39 Å². The zero-order valence-electron chi connectivity index (χ0n) is 9.20. The highest BCUT2D eigenvalue weighted by Gasteiger charge is 2.21. The van der Waals surface area contributed by atoms with E-state index in [1.54, 1.807) is 6.07 Å². The van der Waals surface area contributed by atoms with Crippen molar-refractivity contribution in [1.29, 1.82) is 5.26 Å². The average Bonchev–Trinajstić information content (AvgIpc) is 2.18. The van der Waals surface area contributed by atoms with E-state index >= 15 is 0 Å². The summed E-state index contributed by atoms with van der Waals surface area (Å²) in [6.07, 6.45) is 0. The Labute approximate surface area is 94.5 Å². The fourth-order valence-corrected chi connectivity index (χ4v) is 1.77. The first kappa shape index (κ1) is 11.1. The van der Waals surface area contributed by atoms with Gasteiger partial charge in [0.2, 0.25) is 0 Å². The lowest BCUT2D eigenvalue weighted by atomic mass is 10.1. The third kappa shape index (κ3) is 2.21. The van der Waals surface area contributed by atoms with Crippen molar-refractivity contribution in [2.45, 2.75) is 12.6 Å². The smallest absolute Gasteiger partial charge is 0.124 e. The highest BCUT2D eigenvalue weighted by Crippen LogP contribution is 2.14. The van der Waals surface area contributed by atoms with Crippen molar-refractivity contribution in [3.05, 3.63) is 35.1 Å². The molecule has 84 valence electrons. The van der Waals surface area contributed by atoms with Crippen LogP contribution in [0.4, 0.5) is 4.39 Å². The summed E-state index contributed by atoms with van der Waals surface area (Å²) in [6, 6.07) is 6.95. The van der Waals surface area contributed by atoms with Gasteiger partial charge in [-0.15, -0.1) is 0 Å². The first-order valence-corrected chi connectivity index (χ1v) is 5.30. The van der Waals surface area contributed by atoms with Crippen LogP contribution in [0.25, 0.3) is 0 Å². The van der Waals surface area contributed by atoms with Crippen molar-refractivity contribution >= 4 is 0 Å². The van der Waals surface area contributed by atoms with Crippen LogP contribution in [-0.2, 0) is 6.54 Å². The number of nitriles is 1. The molecule has 0 aliphatic carbocycles. The molecule has 1 aromatic rings. The molecule has 1 aliphatic heterocycles. The molecule has 0 unspecified atom stereocenters. The summed E-state index contributed by atoms with van der Waals surface area (Å²) >= 11 is 0. The molecule has 1 aromatic carbocycles. The molecule has 0 spiro atoms. The SMILES string of the molecule is CN(Cc1ccc(F)cc1C#N)C1CNC1. The molecule has 1 aliphatic rings. The molecule has 0 atom stereocenters. The predicted molar refractivity (Wildman–Crippen MR) is 59.2 cm³/mol. The van der Waals surface area contributed by atoms with Gasteiger partial charge in [-0.05, 0) is 24.7 Å². The lowest BCUT2D eigenvalue weighted by Gasteiger charge is -2.35. The summed E-state index contributed by atoms with van der Waals surface area (Å²) in [5.74, 6) is -0.353. The number of likely N-dealkylation sites (N-methyl/N-ethyl adjacent to an activating group) is 1. The van der Waals surface area contributed by atoms with Crippen molar-refractivity contribution in [3.8, 4) is 6.07 Å². The third-order valence-corrected chi connectivity index (χ3v) is 3.00. The maximum absolute atomic E-state index is 12.9. The molecule has 0 radical (unpaired) electrons. The number of benzene rings is 1. The van der Waals surface area contributed by atoms with Crippen molar-refractivity contribution in [3.63, 3.8) is 0 Å². The summed E-state index contributed by atoms with van der Waals surface area (Å²) in [5.41, 5.74) is 1.32. The predicted octanol–water partition coefficient (Wildman–Crippen LogP) is 1.10. The van der Waals surface area contributed by atoms with E-state index in [1.165, 1.54) is 12.1 Å². The quantitative estimate of drug-likeness (QED) is 0.827. The second kappa shape index (κ2) is 4.60. The Balaban J connectivity index is 2.11. The van der Waals surface area contributed by atoms with Crippen LogP contribution < -0.4 is 5.32 Å². The summed E-state index contributed by atoms with van der Waals surface area (Å²) in [5, 5.41) is 12.1. The Morgan fingerprint density at radius 3 is 2.88 bits per heavy atom. The molecular weight excluding hydrogens is 205 g/mol. The van der Waals surface area contributed by atoms with Crippen molar-refractivity contribution in [2.24, 2.45) is 0 Å². The van der Waals surface area contributed by atoms with Crippen molar-refractivity contribution in [2.75, 3.05) is 20.1 Å². The minimum absolute atomic E-state index is 0.353. The molecule has 4 heteroatoms. The molecule has 16 heavy (non-hydrogen) atoms. The Kier molecular flexibility index (Phi) is 3.18. The average molecular weight is 219 g/mol. The largest absolute Gasteiger partial charge is 0.314 e. The highest BCUT2D eigenvalue weighted by molar-refractivity contribution is 5.37.